The average Bonchev–Trinajstić information content (AvgIpc) is 3.80. The summed E-state index contributed by atoms with van der Waals surface area (Å²) in [4.78, 5) is 59.5. The van der Waals surface area contributed by atoms with Gasteiger partial charge in [-0.15, -0.1) is 0 Å². The van der Waals surface area contributed by atoms with Crippen molar-refractivity contribution in [1.82, 2.24) is 19.8 Å². The van der Waals surface area contributed by atoms with Crippen LogP contribution in [-0.2, 0) is 19.2 Å². The summed E-state index contributed by atoms with van der Waals surface area (Å²) in [7, 11) is 0. The molecule has 2 aromatic carbocycles. The van der Waals surface area contributed by atoms with Crippen molar-refractivity contribution < 1.29 is 44.5 Å². The van der Waals surface area contributed by atoms with E-state index in [1.54, 1.807) is 12.1 Å². The molecule has 6 N–H and O–H groups in total. The van der Waals surface area contributed by atoms with Crippen LogP contribution >= 0.6 is 0 Å². The summed E-state index contributed by atoms with van der Waals surface area (Å²) in [6.07, 6.45) is 9.87. The zero-order valence-corrected chi connectivity index (χ0v) is 30.4. The maximum absolute atomic E-state index is 11.1. The van der Waals surface area contributed by atoms with Gasteiger partial charge < -0.3 is 40.2 Å². The molecule has 16 heteroatoms. The molecule has 0 atom stereocenters. The number of non-ortho nitro benzene ring substituents is 1. The van der Waals surface area contributed by atoms with Crippen LogP contribution in [0.3, 0.4) is 0 Å². The number of nitro benzene ring substituents is 1. The van der Waals surface area contributed by atoms with Crippen molar-refractivity contribution in [2.24, 2.45) is 0 Å². The number of fused-ring (bicyclic) bond motifs is 2. The van der Waals surface area contributed by atoms with Crippen LogP contribution in [0.1, 0.15) is 75.0 Å². The predicted octanol–water partition coefficient (Wildman–Crippen LogP) is 5.77. The van der Waals surface area contributed by atoms with Crippen LogP contribution in [0.15, 0.2) is 60.9 Å². The second kappa shape index (κ2) is 20.3. The van der Waals surface area contributed by atoms with Gasteiger partial charge in [-0.2, -0.15) is 5.26 Å². The van der Waals surface area contributed by atoms with Gasteiger partial charge in [0.2, 0.25) is 0 Å². The number of nitrogens with one attached hydrogen (secondary N) is 2. The summed E-state index contributed by atoms with van der Waals surface area (Å²) in [5.41, 5.74) is 5.19. The van der Waals surface area contributed by atoms with E-state index in [0.717, 1.165) is 48.9 Å². The first-order valence-corrected chi connectivity index (χ1v) is 17.5. The molecular weight excluding hydrogens is 700 g/mol. The number of H-pyrrole nitrogens is 2. The number of aromatic amines is 2. The van der Waals surface area contributed by atoms with Crippen LogP contribution in [0.4, 0.5) is 5.69 Å². The van der Waals surface area contributed by atoms with Gasteiger partial charge in [-0.05, 0) is 101 Å². The number of aromatic nitrogens is 2. The highest BCUT2D eigenvalue weighted by Gasteiger charge is 2.26. The number of carboxylic acids is 4. The molecule has 0 radical (unpaired) electrons. The molecule has 6 rings (SSSR count). The standard InChI is InChI=1S/C16H21N3O2.C16H19N3.C4H4O4.C2H2O4/c1-11(2)18-8-6-12(7-9-18)14-10-17-16-13(14)4-3-5-15(16)19(20)21;1-2-19-8-6-12(7-9-19)15-11-18-16-13(10-17)4-3-5-14(15)16;5-3(6)1-2-4(7)8;3-1(4)2(5)6/h3-5,10-12,17H,6-9H2,1-2H3;3-5,11-12,18H,2,6-9H2,1H3;1-2H,(H,5,6)(H,7,8);(H,3,4)(H,5,6). The van der Waals surface area contributed by atoms with E-state index >= 15 is 0 Å². The van der Waals surface area contributed by atoms with Gasteiger partial charge in [-0.1, -0.05) is 31.2 Å². The summed E-state index contributed by atoms with van der Waals surface area (Å²) < 4.78 is 0. The van der Waals surface area contributed by atoms with Crippen molar-refractivity contribution in [1.29, 1.82) is 5.26 Å². The SMILES string of the molecule is CC(C)N1CCC(c2c[nH]c3c([N+](=O)[O-])cccc23)CC1.CCN1CCC(c2c[nH]c3c(C#N)cccc23)CC1.O=C(O)C(=O)O.O=C(O)C=CC(=O)O. The number of carbonyl (C=O) groups is 4. The van der Waals surface area contributed by atoms with Gasteiger partial charge in [0.05, 0.1) is 16.0 Å². The van der Waals surface area contributed by atoms with E-state index in [9.17, 15) is 19.7 Å². The van der Waals surface area contributed by atoms with Crippen LogP contribution in [0, 0.1) is 21.4 Å². The Hall–Kier alpha value is -6.05. The van der Waals surface area contributed by atoms with E-state index < -0.39 is 23.9 Å². The minimum Gasteiger partial charge on any atom is -0.478 e. The molecule has 2 aliphatic heterocycles. The molecule has 0 aliphatic carbocycles. The van der Waals surface area contributed by atoms with Crippen molar-refractivity contribution >= 4 is 51.4 Å². The largest absolute Gasteiger partial charge is 0.478 e. The first kappa shape index (κ1) is 42.4. The molecule has 0 spiro atoms. The number of nitrogens with zero attached hydrogens (tertiary/aromatic N) is 4. The normalized spacial score (nSPS) is 15.3. The van der Waals surface area contributed by atoms with E-state index in [-0.39, 0.29) is 10.6 Å². The molecule has 2 saturated heterocycles. The van der Waals surface area contributed by atoms with Crippen LogP contribution in [0.2, 0.25) is 0 Å². The number of rotatable bonds is 7. The third-order valence-electron chi connectivity index (χ3n) is 9.52. The number of nitro groups is 1. The number of carboxylic acid groups (broad SMARTS) is 4. The number of likely N-dealkylation sites (tertiary alicyclic amines) is 2. The molecule has 0 unspecified atom stereocenters. The van der Waals surface area contributed by atoms with Gasteiger partial charge in [0, 0.05) is 47.4 Å². The zero-order valence-electron chi connectivity index (χ0n) is 30.4. The molecule has 2 aromatic heterocycles. The Morgan fingerprint density at radius 3 is 1.72 bits per heavy atom. The highest BCUT2D eigenvalue weighted by atomic mass is 16.6. The number of aliphatic carboxylic acids is 4. The van der Waals surface area contributed by atoms with E-state index in [0.29, 0.717) is 35.5 Å². The Balaban J connectivity index is 0.000000217. The van der Waals surface area contributed by atoms with Crippen molar-refractivity contribution in [2.45, 2.75) is 64.3 Å². The lowest BCUT2D eigenvalue weighted by Gasteiger charge is -2.34. The van der Waals surface area contributed by atoms with E-state index in [1.165, 1.54) is 42.4 Å². The Morgan fingerprint density at radius 1 is 0.833 bits per heavy atom. The molecule has 2 fully saturated rings. The maximum atomic E-state index is 11.1. The van der Waals surface area contributed by atoms with Crippen LogP contribution in [0.25, 0.3) is 21.8 Å². The maximum Gasteiger partial charge on any atom is 0.414 e. The first-order valence-electron chi connectivity index (χ1n) is 17.5. The Labute approximate surface area is 311 Å². The van der Waals surface area contributed by atoms with Gasteiger partial charge in [0.1, 0.15) is 11.6 Å². The lowest BCUT2D eigenvalue weighted by molar-refractivity contribution is -0.383. The second-order valence-corrected chi connectivity index (χ2v) is 13.0. The highest BCUT2D eigenvalue weighted by Crippen LogP contribution is 2.36. The minimum atomic E-state index is -1.82. The predicted molar refractivity (Wildman–Crippen MR) is 200 cm³/mol. The van der Waals surface area contributed by atoms with Gasteiger partial charge >= 0.3 is 23.9 Å². The molecule has 288 valence electrons. The summed E-state index contributed by atoms with van der Waals surface area (Å²) in [5, 5.41) is 52.9. The third kappa shape index (κ3) is 11.7. The lowest BCUT2D eigenvalue weighted by Crippen LogP contribution is -2.37. The Bertz CT molecular complexity index is 1970. The topological polar surface area (TPSA) is 254 Å². The summed E-state index contributed by atoms with van der Waals surface area (Å²) in [6, 6.07) is 14.2. The van der Waals surface area contributed by atoms with Gasteiger partial charge in [0.15, 0.2) is 0 Å². The van der Waals surface area contributed by atoms with E-state index in [2.05, 4.69) is 58.9 Å². The van der Waals surface area contributed by atoms with Crippen LogP contribution in [0.5, 0.6) is 0 Å². The van der Waals surface area contributed by atoms with Crippen molar-refractivity contribution in [3.63, 3.8) is 0 Å². The monoisotopic (exact) mass is 746 g/mol. The molecule has 0 bridgehead atoms. The van der Waals surface area contributed by atoms with Gasteiger partial charge in [-0.3, -0.25) is 10.1 Å². The molecule has 16 nitrogen and oxygen atoms in total. The smallest absolute Gasteiger partial charge is 0.414 e. The Morgan fingerprint density at radius 2 is 1.30 bits per heavy atom. The second-order valence-electron chi connectivity index (χ2n) is 13.0. The summed E-state index contributed by atoms with van der Waals surface area (Å²) in [5.74, 6) is -5.04. The minimum absolute atomic E-state index is 0.165. The molecule has 4 heterocycles. The first-order chi connectivity index (χ1) is 25.7. The fraction of sp³-hybridized carbons (Fsp3) is 0.395. The van der Waals surface area contributed by atoms with Gasteiger partial charge in [0.25, 0.3) is 5.69 Å². The van der Waals surface area contributed by atoms with E-state index in [1.807, 2.05) is 24.4 Å². The molecular formula is C38H46N6O10. The van der Waals surface area contributed by atoms with Crippen molar-refractivity contribution in [3.05, 3.63) is 87.7 Å². The molecule has 2 aliphatic rings. The zero-order chi connectivity index (χ0) is 39.9. The molecule has 4 aromatic rings. The van der Waals surface area contributed by atoms with E-state index in [4.69, 9.17) is 35.3 Å². The Kier molecular flexibility index (Phi) is 15.9. The number of nitriles is 1. The average molecular weight is 747 g/mol. The number of hydrogen-bond donors (Lipinski definition) is 6. The lowest BCUT2D eigenvalue weighted by atomic mass is 9.88. The highest BCUT2D eigenvalue weighted by molar-refractivity contribution is 6.27. The fourth-order valence-electron chi connectivity index (χ4n) is 6.69. The number of para-hydroxylation sites is 2. The van der Waals surface area contributed by atoms with Gasteiger partial charge in [-0.25, -0.2) is 19.2 Å². The number of hydrogen-bond acceptors (Lipinski definition) is 9. The number of benzene rings is 2. The fourth-order valence-corrected chi connectivity index (χ4v) is 6.69. The quantitative estimate of drug-likeness (QED) is 0.0569. The third-order valence-corrected chi connectivity index (χ3v) is 9.52. The molecule has 0 amide bonds. The van der Waals surface area contributed by atoms with Crippen molar-refractivity contribution in [2.75, 3.05) is 32.7 Å². The van der Waals surface area contributed by atoms with Crippen LogP contribution < -0.4 is 0 Å². The summed E-state index contributed by atoms with van der Waals surface area (Å²) >= 11 is 0. The number of piperidine rings is 2. The summed E-state index contributed by atoms with van der Waals surface area (Å²) in [6.45, 7) is 12.4. The van der Waals surface area contributed by atoms with Crippen molar-refractivity contribution in [3.8, 4) is 6.07 Å². The molecule has 0 saturated carbocycles. The molecule has 54 heavy (non-hydrogen) atoms. The van der Waals surface area contributed by atoms with Crippen LogP contribution in [-0.4, -0.2) is 108 Å².